The van der Waals surface area contributed by atoms with Crippen molar-refractivity contribution < 1.29 is 9.47 Å². The Balaban J connectivity index is 2.10. The van der Waals surface area contributed by atoms with Crippen LogP contribution in [0.15, 0.2) is 18.3 Å². The Morgan fingerprint density at radius 2 is 2.50 bits per heavy atom. The predicted octanol–water partition coefficient (Wildman–Crippen LogP) is 0.905. The molecule has 0 bridgehead atoms. The number of aromatic nitrogens is 1. The van der Waals surface area contributed by atoms with Crippen LogP contribution in [0.25, 0.3) is 0 Å². The summed E-state index contributed by atoms with van der Waals surface area (Å²) in [4.78, 5) is 6.67. The van der Waals surface area contributed by atoms with E-state index in [9.17, 15) is 0 Å². The summed E-state index contributed by atoms with van der Waals surface area (Å²) in [6.07, 6.45) is 2.01. The molecule has 1 atom stereocenters. The van der Waals surface area contributed by atoms with Gasteiger partial charge in [0.1, 0.15) is 0 Å². The van der Waals surface area contributed by atoms with Crippen LogP contribution in [-0.2, 0) is 4.74 Å². The van der Waals surface area contributed by atoms with Crippen LogP contribution in [0, 0.1) is 0 Å². The number of likely N-dealkylation sites (N-methyl/N-ethyl adjacent to an activating group) is 1. The Morgan fingerprint density at radius 1 is 1.61 bits per heavy atom. The molecule has 1 aromatic rings. The second-order valence-electron chi connectivity index (χ2n) is 4.25. The van der Waals surface area contributed by atoms with Crippen LogP contribution in [0.5, 0.6) is 5.75 Å². The fraction of sp³-hybridized carbons (Fsp3) is 0.615. The van der Waals surface area contributed by atoms with Crippen molar-refractivity contribution in [1.82, 2.24) is 10.3 Å². The summed E-state index contributed by atoms with van der Waals surface area (Å²) in [7, 11) is 1.94. The van der Waals surface area contributed by atoms with Crippen molar-refractivity contribution in [2.45, 2.75) is 13.0 Å². The third kappa shape index (κ3) is 3.11. The van der Waals surface area contributed by atoms with Crippen LogP contribution in [0.1, 0.15) is 6.92 Å². The summed E-state index contributed by atoms with van der Waals surface area (Å²) in [5, 5.41) is 3.15. The highest BCUT2D eigenvalue weighted by Crippen LogP contribution is 2.26. The molecule has 1 aliphatic heterocycles. The lowest BCUT2D eigenvalue weighted by Gasteiger charge is -2.34. The Morgan fingerprint density at radius 3 is 3.28 bits per heavy atom. The maximum atomic E-state index is 5.70. The zero-order valence-corrected chi connectivity index (χ0v) is 11.1. The van der Waals surface area contributed by atoms with Crippen molar-refractivity contribution in [3.63, 3.8) is 0 Å². The molecule has 5 heteroatoms. The summed E-state index contributed by atoms with van der Waals surface area (Å²) >= 11 is 0. The van der Waals surface area contributed by atoms with Crippen LogP contribution in [-0.4, -0.2) is 51.0 Å². The first-order valence-electron chi connectivity index (χ1n) is 6.44. The normalized spacial score (nSPS) is 19.9. The zero-order chi connectivity index (χ0) is 12.8. The molecule has 5 nitrogen and oxygen atoms in total. The first-order chi connectivity index (χ1) is 8.85. The molecule has 1 saturated heterocycles. The molecule has 2 rings (SSSR count). The standard InChI is InChI=1S/C13H21N3O2/c1-3-17-12-5-4-6-15-13(12)16-7-8-18-11(10-16)9-14-2/h4-6,11,14H,3,7-10H2,1-2H3. The molecule has 0 radical (unpaired) electrons. The lowest BCUT2D eigenvalue weighted by molar-refractivity contribution is 0.0417. The fourth-order valence-electron chi connectivity index (χ4n) is 2.15. The van der Waals surface area contributed by atoms with E-state index in [1.807, 2.05) is 26.1 Å². The van der Waals surface area contributed by atoms with Gasteiger partial charge in [-0.3, -0.25) is 0 Å². The first kappa shape index (κ1) is 13.1. The monoisotopic (exact) mass is 251 g/mol. The van der Waals surface area contributed by atoms with Crippen LogP contribution < -0.4 is 15.0 Å². The van der Waals surface area contributed by atoms with Gasteiger partial charge >= 0.3 is 0 Å². The number of anilines is 1. The van der Waals surface area contributed by atoms with Gasteiger partial charge in [-0.25, -0.2) is 4.98 Å². The number of hydrogen-bond donors (Lipinski definition) is 1. The highest BCUT2D eigenvalue weighted by Gasteiger charge is 2.23. The summed E-state index contributed by atoms with van der Waals surface area (Å²) in [6, 6.07) is 3.87. The zero-order valence-electron chi connectivity index (χ0n) is 11.1. The molecule has 2 heterocycles. The third-order valence-corrected chi connectivity index (χ3v) is 2.92. The van der Waals surface area contributed by atoms with Gasteiger partial charge in [0.15, 0.2) is 11.6 Å². The van der Waals surface area contributed by atoms with E-state index in [4.69, 9.17) is 9.47 Å². The largest absolute Gasteiger partial charge is 0.490 e. The Hall–Kier alpha value is -1.33. The quantitative estimate of drug-likeness (QED) is 0.842. The van der Waals surface area contributed by atoms with Crippen LogP contribution >= 0.6 is 0 Å². The van der Waals surface area contributed by atoms with Crippen molar-refractivity contribution in [2.75, 3.05) is 44.8 Å². The molecular weight excluding hydrogens is 230 g/mol. The van der Waals surface area contributed by atoms with Gasteiger partial charge in [-0.1, -0.05) is 0 Å². The van der Waals surface area contributed by atoms with E-state index in [0.29, 0.717) is 6.61 Å². The molecule has 1 unspecified atom stereocenters. The van der Waals surface area contributed by atoms with Crippen molar-refractivity contribution in [1.29, 1.82) is 0 Å². The summed E-state index contributed by atoms with van der Waals surface area (Å²) in [6.45, 7) is 5.93. The Bertz CT molecular complexity index is 371. The smallest absolute Gasteiger partial charge is 0.171 e. The molecule has 1 aromatic heterocycles. The van der Waals surface area contributed by atoms with E-state index in [2.05, 4.69) is 15.2 Å². The van der Waals surface area contributed by atoms with Gasteiger partial charge in [0.05, 0.1) is 19.3 Å². The lowest BCUT2D eigenvalue weighted by Crippen LogP contribution is -2.46. The van der Waals surface area contributed by atoms with Gasteiger partial charge < -0.3 is 19.7 Å². The number of hydrogen-bond acceptors (Lipinski definition) is 5. The number of ether oxygens (including phenoxy) is 2. The van der Waals surface area contributed by atoms with Gasteiger partial charge in [-0.2, -0.15) is 0 Å². The average Bonchev–Trinajstić information content (AvgIpc) is 2.40. The van der Waals surface area contributed by atoms with Crippen LogP contribution in [0.4, 0.5) is 5.82 Å². The fourth-order valence-corrected chi connectivity index (χ4v) is 2.15. The SMILES string of the molecule is CCOc1cccnc1N1CCOC(CNC)C1. The lowest BCUT2D eigenvalue weighted by atomic mass is 10.2. The highest BCUT2D eigenvalue weighted by molar-refractivity contribution is 5.52. The Kier molecular flexibility index (Phi) is 4.78. The van der Waals surface area contributed by atoms with E-state index >= 15 is 0 Å². The molecular formula is C13H21N3O2. The van der Waals surface area contributed by atoms with Crippen molar-refractivity contribution in [2.24, 2.45) is 0 Å². The molecule has 1 aliphatic rings. The molecule has 0 spiro atoms. The van der Waals surface area contributed by atoms with Gasteiger partial charge in [0, 0.05) is 25.8 Å². The molecule has 1 fully saturated rings. The van der Waals surface area contributed by atoms with E-state index in [0.717, 1.165) is 37.8 Å². The van der Waals surface area contributed by atoms with Gasteiger partial charge in [0.2, 0.25) is 0 Å². The number of morpholine rings is 1. The van der Waals surface area contributed by atoms with E-state index in [1.54, 1.807) is 6.20 Å². The number of nitrogens with one attached hydrogen (secondary N) is 1. The topological polar surface area (TPSA) is 46.6 Å². The maximum Gasteiger partial charge on any atom is 0.171 e. The van der Waals surface area contributed by atoms with E-state index in [1.165, 1.54) is 0 Å². The summed E-state index contributed by atoms with van der Waals surface area (Å²) in [5.41, 5.74) is 0. The second kappa shape index (κ2) is 6.56. The number of rotatable bonds is 5. The molecule has 0 saturated carbocycles. The minimum atomic E-state index is 0.209. The van der Waals surface area contributed by atoms with E-state index in [-0.39, 0.29) is 6.10 Å². The molecule has 18 heavy (non-hydrogen) atoms. The molecule has 1 N–H and O–H groups in total. The van der Waals surface area contributed by atoms with Crippen LogP contribution in [0.3, 0.4) is 0 Å². The van der Waals surface area contributed by atoms with Gasteiger partial charge in [0.25, 0.3) is 0 Å². The van der Waals surface area contributed by atoms with Crippen molar-refractivity contribution >= 4 is 5.82 Å². The molecule has 0 aliphatic carbocycles. The average molecular weight is 251 g/mol. The van der Waals surface area contributed by atoms with E-state index < -0.39 is 0 Å². The summed E-state index contributed by atoms with van der Waals surface area (Å²) in [5.74, 6) is 1.77. The number of nitrogens with zero attached hydrogens (tertiary/aromatic N) is 2. The van der Waals surface area contributed by atoms with Gasteiger partial charge in [-0.15, -0.1) is 0 Å². The van der Waals surface area contributed by atoms with Crippen molar-refractivity contribution in [3.05, 3.63) is 18.3 Å². The minimum absolute atomic E-state index is 0.209. The highest BCUT2D eigenvalue weighted by atomic mass is 16.5. The van der Waals surface area contributed by atoms with Crippen molar-refractivity contribution in [3.8, 4) is 5.75 Å². The Labute approximate surface area is 108 Å². The van der Waals surface area contributed by atoms with Crippen LogP contribution in [0.2, 0.25) is 0 Å². The molecule has 0 aromatic carbocycles. The third-order valence-electron chi connectivity index (χ3n) is 2.92. The molecule has 100 valence electrons. The second-order valence-corrected chi connectivity index (χ2v) is 4.25. The predicted molar refractivity (Wildman–Crippen MR) is 71.3 cm³/mol. The number of pyridine rings is 1. The maximum absolute atomic E-state index is 5.70. The molecule has 0 amide bonds. The minimum Gasteiger partial charge on any atom is -0.490 e. The summed E-state index contributed by atoms with van der Waals surface area (Å²) < 4.78 is 11.3. The first-order valence-corrected chi connectivity index (χ1v) is 6.44. The van der Waals surface area contributed by atoms with Gasteiger partial charge in [-0.05, 0) is 26.1 Å².